The molecule has 0 fully saturated rings. The fourth-order valence-electron chi connectivity index (χ4n) is 15.8. The number of benzene rings is 8. The zero-order chi connectivity index (χ0) is 76.8. The molecule has 0 radical (unpaired) electrons. The fraction of sp³-hybridized carbons (Fsp3) is 0. The molecule has 0 aliphatic rings. The average molecular weight is 1480 g/mol. The first-order chi connectivity index (χ1) is 57.5. The van der Waals surface area contributed by atoms with E-state index in [1.807, 2.05) is 201 Å². The molecule has 0 bridgehead atoms. The van der Waals surface area contributed by atoms with Crippen LogP contribution in [-0.2, 0) is 0 Å². The van der Waals surface area contributed by atoms with Gasteiger partial charge in [0.05, 0.1) is 129 Å². The molecule has 0 amide bonds. The third-order valence-corrected chi connectivity index (χ3v) is 21.1. The van der Waals surface area contributed by atoms with Crippen LogP contribution >= 0.6 is 0 Å². The molecule has 23 aromatic rings. The lowest BCUT2D eigenvalue weighted by Crippen LogP contribution is -1.95. The van der Waals surface area contributed by atoms with E-state index < -0.39 is 0 Å². The maximum atomic E-state index is 5.15. The van der Waals surface area contributed by atoms with Crippen molar-refractivity contribution in [3.05, 3.63) is 371 Å². The van der Waals surface area contributed by atoms with Crippen molar-refractivity contribution in [2.24, 2.45) is 0 Å². The van der Waals surface area contributed by atoms with Gasteiger partial charge in [-0.1, -0.05) is 182 Å². The van der Waals surface area contributed by atoms with Crippen LogP contribution in [0, 0.1) is 0 Å². The molecule has 0 saturated carbocycles. The number of fused-ring (bicyclic) bond motifs is 14. The first kappa shape index (κ1) is 67.9. The number of pyridine rings is 15. The SMILES string of the molecule is c1ccc(-c2cccc(-c3ccc(-c4c5ccccc5nc5c4ccc4cccnc45)c4ncccc34)n2)nc1.c1ccc(-c2cccc(-c3ccc4nc(-c5c6ccccc6nc6c5ccc5cccnc56)ccc4c3)n2)nc1.c1ccc(-c2cccc(-c3cccc(-c4c5ccccc5nc5c4ccc4cccnc45)n3)n2)nc1. The molecule has 15 aromatic heterocycles. The molecule has 0 aliphatic carbocycles. The molecule has 0 saturated heterocycles. The second-order valence-electron chi connectivity index (χ2n) is 28.1. The first-order valence-corrected chi connectivity index (χ1v) is 38.1. The average Bonchev–Trinajstić information content (AvgIpc) is 0.728. The van der Waals surface area contributed by atoms with E-state index in [-0.39, 0.29) is 0 Å². The summed E-state index contributed by atoms with van der Waals surface area (Å²) < 4.78 is 0. The highest BCUT2D eigenvalue weighted by atomic mass is 14.8. The highest BCUT2D eigenvalue weighted by Crippen LogP contribution is 2.44. The van der Waals surface area contributed by atoms with Crippen LogP contribution in [-0.4, -0.2) is 74.8 Å². The zero-order valence-electron chi connectivity index (χ0n) is 61.9. The maximum Gasteiger partial charge on any atom is 0.0979 e. The highest BCUT2D eigenvalue weighted by Gasteiger charge is 2.22. The molecule has 15 nitrogen and oxygen atoms in total. The van der Waals surface area contributed by atoms with Crippen molar-refractivity contribution in [2.75, 3.05) is 0 Å². The second kappa shape index (κ2) is 29.3. The van der Waals surface area contributed by atoms with Crippen LogP contribution in [0.3, 0.4) is 0 Å². The van der Waals surface area contributed by atoms with Crippen LogP contribution in [0.15, 0.2) is 371 Å². The van der Waals surface area contributed by atoms with Crippen LogP contribution < -0.4 is 0 Å². The van der Waals surface area contributed by atoms with Crippen molar-refractivity contribution in [3.8, 4) is 102 Å². The van der Waals surface area contributed by atoms with Gasteiger partial charge < -0.3 is 0 Å². The Bertz CT molecular complexity index is 7810. The van der Waals surface area contributed by atoms with Gasteiger partial charge in [-0.05, 0) is 146 Å². The third-order valence-electron chi connectivity index (χ3n) is 21.1. The van der Waals surface area contributed by atoms with Gasteiger partial charge in [-0.25, -0.2) is 39.9 Å². The minimum atomic E-state index is 0.801. The van der Waals surface area contributed by atoms with Crippen molar-refractivity contribution in [1.29, 1.82) is 0 Å². The Morgan fingerprint density at radius 2 is 0.500 bits per heavy atom. The van der Waals surface area contributed by atoms with E-state index >= 15 is 0 Å². The molecule has 8 aromatic carbocycles. The van der Waals surface area contributed by atoms with Gasteiger partial charge in [-0.3, -0.25) is 34.9 Å². The number of rotatable bonds is 9. The normalized spacial score (nSPS) is 11.4. The summed E-state index contributed by atoms with van der Waals surface area (Å²) in [5.74, 6) is 0. The number of para-hydroxylation sites is 3. The Kier molecular flexibility index (Phi) is 17.1. The molecule has 23 rings (SSSR count). The van der Waals surface area contributed by atoms with E-state index in [9.17, 15) is 0 Å². The number of aromatic nitrogens is 15. The molecule has 116 heavy (non-hydrogen) atoms. The molecule has 0 aliphatic heterocycles. The summed E-state index contributed by atoms with van der Waals surface area (Å²) >= 11 is 0. The summed E-state index contributed by atoms with van der Waals surface area (Å²) in [6.45, 7) is 0. The smallest absolute Gasteiger partial charge is 0.0979 e. The van der Waals surface area contributed by atoms with E-state index in [4.69, 9.17) is 49.8 Å². The van der Waals surface area contributed by atoms with Crippen LogP contribution in [0.1, 0.15) is 0 Å². The van der Waals surface area contributed by atoms with Crippen molar-refractivity contribution in [2.45, 2.75) is 0 Å². The van der Waals surface area contributed by atoms with Crippen LogP contribution in [0.5, 0.6) is 0 Å². The highest BCUT2D eigenvalue weighted by molar-refractivity contribution is 6.21. The van der Waals surface area contributed by atoms with Gasteiger partial charge in [0, 0.05) is 136 Å². The largest absolute Gasteiger partial charge is 0.256 e. The Morgan fingerprint density at radius 3 is 1.00 bits per heavy atom. The molecule has 15 heterocycles. The number of hydrogen-bond acceptors (Lipinski definition) is 15. The molecule has 0 atom stereocenters. The van der Waals surface area contributed by atoms with Gasteiger partial charge >= 0.3 is 0 Å². The van der Waals surface area contributed by atoms with Crippen LogP contribution in [0.4, 0.5) is 0 Å². The van der Waals surface area contributed by atoms with Gasteiger partial charge in [0.25, 0.3) is 0 Å². The maximum absolute atomic E-state index is 5.15. The Morgan fingerprint density at radius 1 is 0.147 bits per heavy atom. The number of nitrogens with zero attached hydrogens (tertiary/aromatic N) is 15. The minimum absolute atomic E-state index is 0.801. The molecular formula is C101H61N15. The van der Waals surface area contributed by atoms with Crippen molar-refractivity contribution in [3.63, 3.8) is 0 Å². The molecule has 540 valence electrons. The van der Waals surface area contributed by atoms with Crippen molar-refractivity contribution >= 4 is 120 Å². The fourth-order valence-corrected chi connectivity index (χ4v) is 15.8. The molecule has 0 spiro atoms. The molecular weight excluding hydrogens is 1420 g/mol. The monoisotopic (exact) mass is 1480 g/mol. The van der Waals surface area contributed by atoms with E-state index in [0.29, 0.717) is 0 Å². The zero-order valence-corrected chi connectivity index (χ0v) is 61.9. The Labute approximate surface area is 663 Å². The lowest BCUT2D eigenvalue weighted by Gasteiger charge is -2.16. The molecule has 15 heteroatoms. The lowest BCUT2D eigenvalue weighted by atomic mass is 9.91. The van der Waals surface area contributed by atoms with Gasteiger partial charge in [-0.15, -0.1) is 0 Å². The van der Waals surface area contributed by atoms with Crippen molar-refractivity contribution < 1.29 is 0 Å². The summed E-state index contributed by atoms with van der Waals surface area (Å²) in [6, 6.07) is 110. The van der Waals surface area contributed by atoms with E-state index in [1.165, 1.54) is 0 Å². The second-order valence-corrected chi connectivity index (χ2v) is 28.1. The minimum Gasteiger partial charge on any atom is -0.256 e. The van der Waals surface area contributed by atoms with Crippen LogP contribution in [0.2, 0.25) is 0 Å². The standard InChI is InChI=1S/2C35H21N5.C31H19N5/c1-2-11-29-25(9-1)32(27-16-15-22-8-6-20-37-33(22)35(27)40-29)26-18-17-23(24-10-7-21-38-34(24)26)28-13-5-14-31(39-28)30-12-3-4-19-36-30;1-2-9-29-25(8-1)33(26-16-13-22-7-6-20-37-34(22)35(26)40-29)32-18-15-24-21-23(14-17-28(24)39-32)27-11-5-12-31(38-27)30-10-3-4-19-36-30;1-2-10-23-21(9-1)29(22-17-16-20-8-7-19-33-30(20)31(22)36-23)28-15-6-14-27(35-28)26-13-5-12-25(34-26)24-11-3-4-18-32-24/h2*1-21H;1-19H. The van der Waals surface area contributed by atoms with E-state index in [2.05, 4.69) is 177 Å². The van der Waals surface area contributed by atoms with E-state index in [0.717, 1.165) is 222 Å². The summed E-state index contributed by atoms with van der Waals surface area (Å²) in [4.78, 5) is 72.4. The summed E-state index contributed by atoms with van der Waals surface area (Å²) in [7, 11) is 0. The Balaban J connectivity index is 0.000000109. The summed E-state index contributed by atoms with van der Waals surface area (Å²) in [5, 5.41) is 11.6. The lowest BCUT2D eigenvalue weighted by molar-refractivity contribution is 1.22. The topological polar surface area (TPSA) is 193 Å². The summed E-state index contributed by atoms with van der Waals surface area (Å²) in [5.41, 5.74) is 26.5. The van der Waals surface area contributed by atoms with E-state index in [1.54, 1.807) is 18.6 Å². The van der Waals surface area contributed by atoms with Gasteiger partial charge in [0.15, 0.2) is 0 Å². The van der Waals surface area contributed by atoms with Gasteiger partial charge in [0.1, 0.15) is 0 Å². The van der Waals surface area contributed by atoms with Gasteiger partial charge in [-0.2, -0.15) is 0 Å². The van der Waals surface area contributed by atoms with Gasteiger partial charge in [0.2, 0.25) is 0 Å². The Hall–Kier alpha value is -16.1. The predicted octanol–water partition coefficient (Wildman–Crippen LogP) is 23.7. The predicted molar refractivity (Wildman–Crippen MR) is 468 cm³/mol. The molecule has 0 unspecified atom stereocenters. The van der Waals surface area contributed by atoms with Crippen molar-refractivity contribution in [1.82, 2.24) is 74.8 Å². The third kappa shape index (κ3) is 12.5. The van der Waals surface area contributed by atoms with Crippen LogP contribution in [0.25, 0.3) is 222 Å². The number of hydrogen-bond donors (Lipinski definition) is 0. The summed E-state index contributed by atoms with van der Waals surface area (Å²) in [6.07, 6.45) is 12.7. The first-order valence-electron chi connectivity index (χ1n) is 38.1. The molecule has 0 N–H and O–H groups in total. The quantitative estimate of drug-likeness (QED) is 0.0978.